The van der Waals surface area contributed by atoms with Crippen molar-refractivity contribution in [2.45, 2.75) is 0 Å². The summed E-state index contributed by atoms with van der Waals surface area (Å²) >= 11 is 0. The van der Waals surface area contributed by atoms with Crippen molar-refractivity contribution in [3.63, 3.8) is 0 Å². The second-order valence-corrected chi connectivity index (χ2v) is 2.43. The molecule has 0 saturated carbocycles. The molecule has 0 aromatic heterocycles. The van der Waals surface area contributed by atoms with Crippen LogP contribution in [-0.2, 0) is 4.89 Å². The van der Waals surface area contributed by atoms with Crippen LogP contribution in [0.1, 0.15) is 0 Å². The monoisotopic (exact) mass is 198 g/mol. The fourth-order valence-corrected chi connectivity index (χ4v) is 0.899. The molecule has 0 heterocycles. The van der Waals surface area contributed by atoms with Gasteiger partial charge in [0.15, 0.2) is 0 Å². The van der Waals surface area contributed by atoms with Gasteiger partial charge in [-0.05, 0) is 0 Å². The first-order chi connectivity index (χ1) is 6.56. The molecule has 6 heteroatoms. The molecule has 1 rings (SSSR count). The molecule has 0 spiro atoms. The van der Waals surface area contributed by atoms with E-state index in [1.54, 1.807) is 0 Å². The van der Waals surface area contributed by atoms with Crippen molar-refractivity contribution in [3.05, 3.63) is 22.6 Å². The van der Waals surface area contributed by atoms with E-state index < -0.39 is 22.7 Å². The van der Waals surface area contributed by atoms with E-state index >= 15 is 0 Å². The standard InChI is InChI=1S/C8H8O6/c9-6-2-5(8(11)12)7(10)1-4(6)3-14-13/h1-3,9-13H/p-2. The molecule has 0 fully saturated rings. The van der Waals surface area contributed by atoms with E-state index in [9.17, 15) is 10.2 Å². The average Bonchev–Trinajstić information content (AvgIpc) is 2.10. The third-order valence-electron chi connectivity index (χ3n) is 1.53. The molecular weight excluding hydrogens is 192 g/mol. The van der Waals surface area contributed by atoms with Crippen LogP contribution in [0.15, 0.2) is 12.1 Å². The van der Waals surface area contributed by atoms with Crippen molar-refractivity contribution < 1.29 is 30.6 Å². The maximum atomic E-state index is 11.1. The van der Waals surface area contributed by atoms with Crippen molar-refractivity contribution in [3.8, 4) is 11.5 Å². The van der Waals surface area contributed by atoms with Gasteiger partial charge in [-0.15, -0.1) is 0 Å². The zero-order chi connectivity index (χ0) is 10.7. The quantitative estimate of drug-likeness (QED) is 0.363. The van der Waals surface area contributed by atoms with Crippen LogP contribution in [0.2, 0.25) is 0 Å². The van der Waals surface area contributed by atoms with Gasteiger partial charge in [-0.2, -0.15) is 0 Å². The largest absolute Gasteiger partial charge is 0.872 e. The molecular formula is C8H6O6-2. The van der Waals surface area contributed by atoms with Crippen LogP contribution in [0, 0.1) is 0 Å². The van der Waals surface area contributed by atoms with Gasteiger partial charge in [0.2, 0.25) is 0 Å². The van der Waals surface area contributed by atoms with E-state index in [0.717, 1.165) is 12.1 Å². The van der Waals surface area contributed by atoms with Crippen molar-refractivity contribution in [1.29, 1.82) is 0 Å². The Balaban J connectivity index is 3.56. The Morgan fingerprint density at radius 3 is 2.36 bits per heavy atom. The second kappa shape index (κ2) is 3.75. The summed E-state index contributed by atoms with van der Waals surface area (Å²) in [4.78, 5) is 3.57. The van der Waals surface area contributed by atoms with Crippen LogP contribution >= 0.6 is 0 Å². The lowest BCUT2D eigenvalue weighted by Gasteiger charge is -2.12. The number of aliphatic hydroxyl groups is 2. The Kier molecular flexibility index (Phi) is 2.68. The van der Waals surface area contributed by atoms with Crippen molar-refractivity contribution in [2.75, 3.05) is 0 Å². The molecule has 0 unspecified atom stereocenters. The summed E-state index contributed by atoms with van der Waals surface area (Å²) in [6, 6.07) is 1.56. The topological polar surface area (TPSA) is 116 Å². The van der Waals surface area contributed by atoms with Crippen molar-refractivity contribution in [1.82, 2.24) is 0 Å². The van der Waals surface area contributed by atoms with E-state index in [1.807, 2.05) is 0 Å². The lowest BCUT2D eigenvalue weighted by Crippen LogP contribution is -2.21. The van der Waals surface area contributed by atoms with E-state index in [1.165, 1.54) is 0 Å². The second-order valence-electron chi connectivity index (χ2n) is 2.43. The Hall–Kier alpha value is -2.08. The number of aliphatic hydroxyl groups excluding tert-OH is 1. The number of benzene rings is 1. The molecule has 0 bridgehead atoms. The summed E-state index contributed by atoms with van der Waals surface area (Å²) in [5.41, 5.74) is 0. The zero-order valence-electron chi connectivity index (χ0n) is 6.80. The Morgan fingerprint density at radius 2 is 1.86 bits per heavy atom. The van der Waals surface area contributed by atoms with Gasteiger partial charge >= 0.3 is 0 Å². The molecule has 3 N–H and O–H groups in total. The molecule has 1 aromatic rings. The third kappa shape index (κ3) is 1.80. The van der Waals surface area contributed by atoms with Crippen molar-refractivity contribution >= 4 is 12.2 Å². The van der Waals surface area contributed by atoms with Gasteiger partial charge in [0.05, 0.1) is 0 Å². The van der Waals surface area contributed by atoms with Gasteiger partial charge < -0.3 is 25.3 Å². The predicted octanol–water partition coefficient (Wildman–Crippen LogP) is -1.76. The average molecular weight is 198 g/mol. The van der Waals surface area contributed by atoms with Crippen LogP contribution in [-0.4, -0.2) is 15.5 Å². The first-order valence-electron chi connectivity index (χ1n) is 3.47. The highest BCUT2D eigenvalue weighted by Gasteiger charge is 1.92. The van der Waals surface area contributed by atoms with Crippen LogP contribution in [0.5, 0.6) is 11.5 Å². The number of rotatable bonds is 1. The van der Waals surface area contributed by atoms with Gasteiger partial charge in [0.25, 0.3) is 5.95 Å². The minimum Gasteiger partial charge on any atom is -0.872 e. The zero-order valence-corrected chi connectivity index (χ0v) is 6.80. The van der Waals surface area contributed by atoms with Crippen LogP contribution < -0.4 is 20.7 Å². The molecule has 14 heavy (non-hydrogen) atoms. The Bertz CT molecular complexity index is 446. The first kappa shape index (κ1) is 10.0. The minimum absolute atomic E-state index is 0.178. The Morgan fingerprint density at radius 1 is 1.21 bits per heavy atom. The van der Waals surface area contributed by atoms with Crippen LogP contribution in [0.25, 0.3) is 12.2 Å². The predicted molar refractivity (Wildman–Crippen MR) is 41.4 cm³/mol. The maximum Gasteiger partial charge on any atom is 0.281 e. The van der Waals surface area contributed by atoms with E-state index in [2.05, 4.69) is 4.89 Å². The summed E-state index contributed by atoms with van der Waals surface area (Å²) in [5, 5.41) is 46.7. The number of hydrogen-bond acceptors (Lipinski definition) is 6. The molecule has 0 amide bonds. The van der Waals surface area contributed by atoms with Crippen LogP contribution in [0.4, 0.5) is 0 Å². The summed E-state index contributed by atoms with van der Waals surface area (Å²) in [5.74, 6) is -2.65. The first-order valence-corrected chi connectivity index (χ1v) is 3.47. The van der Waals surface area contributed by atoms with Gasteiger partial charge in [0, 0.05) is 10.4 Å². The smallest absolute Gasteiger partial charge is 0.281 e. The number of hydrogen-bond donors (Lipinski definition) is 3. The summed E-state index contributed by atoms with van der Waals surface area (Å²) < 4.78 is 0. The molecule has 0 aliphatic carbocycles. The molecule has 0 aliphatic rings. The molecule has 76 valence electrons. The molecule has 0 aliphatic heterocycles. The Labute approximate surface area is 77.8 Å². The van der Waals surface area contributed by atoms with Crippen molar-refractivity contribution in [2.24, 2.45) is 0 Å². The van der Waals surface area contributed by atoms with Gasteiger partial charge in [-0.3, -0.25) is 0 Å². The van der Waals surface area contributed by atoms with Gasteiger partial charge in [-0.1, -0.05) is 23.6 Å². The molecule has 0 radical (unpaired) electrons. The highest BCUT2D eigenvalue weighted by Crippen LogP contribution is 1.98. The van der Waals surface area contributed by atoms with Gasteiger partial charge in [0.1, 0.15) is 6.26 Å². The highest BCUT2D eigenvalue weighted by molar-refractivity contribution is 5.41. The molecule has 0 saturated heterocycles. The SMILES string of the molecule is [O-]c1cc(=C(O)O)c([O-])cc1=COO. The summed E-state index contributed by atoms with van der Waals surface area (Å²) in [6.45, 7) is 0. The fraction of sp³-hybridized carbons (Fsp3) is 0. The molecule has 0 atom stereocenters. The minimum atomic E-state index is -1.22. The van der Waals surface area contributed by atoms with E-state index in [0.29, 0.717) is 6.26 Å². The maximum absolute atomic E-state index is 11.1. The lowest BCUT2D eigenvalue weighted by atomic mass is 10.2. The third-order valence-corrected chi connectivity index (χ3v) is 1.53. The summed E-state index contributed by atoms with van der Waals surface area (Å²) in [7, 11) is 0. The van der Waals surface area contributed by atoms with E-state index in [4.69, 9.17) is 15.5 Å². The fourth-order valence-electron chi connectivity index (χ4n) is 0.899. The van der Waals surface area contributed by atoms with Crippen LogP contribution in [0.3, 0.4) is 0 Å². The van der Waals surface area contributed by atoms with Gasteiger partial charge in [-0.25, -0.2) is 5.26 Å². The van der Waals surface area contributed by atoms with E-state index in [-0.39, 0.29) is 5.22 Å². The normalized spacial score (nSPS) is 11.4. The molecule has 1 aromatic carbocycles. The molecule has 6 nitrogen and oxygen atoms in total. The lowest BCUT2D eigenvalue weighted by molar-refractivity contribution is -0.277. The summed E-state index contributed by atoms with van der Waals surface area (Å²) in [6.07, 6.45) is 0.669. The highest BCUT2D eigenvalue weighted by atomic mass is 17.1.